The first-order valence-corrected chi connectivity index (χ1v) is 7.69. The number of nitrogens with one attached hydrogen (secondary N) is 1. The van der Waals surface area contributed by atoms with Gasteiger partial charge in [-0.2, -0.15) is 0 Å². The van der Waals surface area contributed by atoms with Crippen LogP contribution in [0.3, 0.4) is 0 Å². The smallest absolute Gasteiger partial charge is 0.233 e. The normalized spacial score (nSPS) is 33.0. The number of guanidine groups is 1. The van der Waals surface area contributed by atoms with Crippen molar-refractivity contribution in [2.45, 2.75) is 6.42 Å². The first-order chi connectivity index (χ1) is 10.6. The van der Waals surface area contributed by atoms with E-state index in [0.717, 1.165) is 6.42 Å². The Morgan fingerprint density at radius 3 is 2.59 bits per heavy atom. The van der Waals surface area contributed by atoms with E-state index in [0.29, 0.717) is 32.2 Å². The molecule has 1 aliphatic heterocycles. The first kappa shape index (κ1) is 15.0. The third-order valence-corrected chi connectivity index (χ3v) is 4.78. The van der Waals surface area contributed by atoms with Crippen molar-refractivity contribution in [2.24, 2.45) is 34.4 Å². The predicted molar refractivity (Wildman–Crippen MR) is 80.8 cm³/mol. The van der Waals surface area contributed by atoms with Gasteiger partial charge in [0.1, 0.15) is 0 Å². The summed E-state index contributed by atoms with van der Waals surface area (Å²) >= 11 is 0. The van der Waals surface area contributed by atoms with Gasteiger partial charge in [0.25, 0.3) is 0 Å². The molecular formula is C15H22N4O3. The van der Waals surface area contributed by atoms with Crippen LogP contribution in [0.2, 0.25) is 0 Å². The average molecular weight is 306 g/mol. The Kier molecular flexibility index (Phi) is 4.15. The van der Waals surface area contributed by atoms with Crippen LogP contribution in [-0.4, -0.2) is 56.0 Å². The number of allylic oxidation sites excluding steroid dienone is 2. The molecule has 120 valence electrons. The van der Waals surface area contributed by atoms with E-state index in [-0.39, 0.29) is 35.5 Å². The number of ether oxygens (including phenoxy) is 1. The maximum absolute atomic E-state index is 12.4. The highest BCUT2D eigenvalue weighted by atomic mass is 16.5. The molecule has 0 aromatic heterocycles. The fourth-order valence-corrected chi connectivity index (χ4v) is 3.79. The second-order valence-electron chi connectivity index (χ2n) is 6.01. The van der Waals surface area contributed by atoms with Gasteiger partial charge in [-0.1, -0.05) is 12.2 Å². The summed E-state index contributed by atoms with van der Waals surface area (Å²) in [6.45, 7) is 1.74. The zero-order valence-corrected chi connectivity index (χ0v) is 12.7. The highest BCUT2D eigenvalue weighted by Crippen LogP contribution is 2.52. The number of aliphatic imine (C=N–C) groups is 1. The Morgan fingerprint density at radius 1 is 1.36 bits per heavy atom. The number of hydrogen-bond acceptors (Lipinski definition) is 4. The zero-order valence-electron chi connectivity index (χ0n) is 12.7. The van der Waals surface area contributed by atoms with Gasteiger partial charge in [0.2, 0.25) is 11.8 Å². The number of hydrogen-bond donors (Lipinski definition) is 2. The Bertz CT molecular complexity index is 501. The van der Waals surface area contributed by atoms with E-state index in [9.17, 15) is 9.59 Å². The Morgan fingerprint density at radius 2 is 2.00 bits per heavy atom. The molecule has 0 radical (unpaired) electrons. The third kappa shape index (κ3) is 2.49. The molecule has 4 atom stereocenters. The van der Waals surface area contributed by atoms with Crippen molar-refractivity contribution in [3.63, 3.8) is 0 Å². The SMILES string of the molecule is COCCN=C(N)NCCN1C(=O)C2C3C=CC(C3)C2C1=O. The number of likely N-dealkylation sites (tertiary alicyclic amines) is 1. The van der Waals surface area contributed by atoms with Crippen LogP contribution in [0.1, 0.15) is 6.42 Å². The molecule has 1 saturated heterocycles. The molecule has 2 aliphatic carbocycles. The van der Waals surface area contributed by atoms with E-state index in [1.165, 1.54) is 4.90 Å². The summed E-state index contributed by atoms with van der Waals surface area (Å²) in [7, 11) is 1.60. The Hall–Kier alpha value is -1.89. The molecular weight excluding hydrogens is 284 g/mol. The lowest BCUT2D eigenvalue weighted by Crippen LogP contribution is -2.42. The van der Waals surface area contributed by atoms with Gasteiger partial charge >= 0.3 is 0 Å². The summed E-state index contributed by atoms with van der Waals surface area (Å²) < 4.78 is 4.88. The van der Waals surface area contributed by atoms with Crippen LogP contribution in [0.5, 0.6) is 0 Å². The summed E-state index contributed by atoms with van der Waals surface area (Å²) in [5.74, 6) is 0.505. The van der Waals surface area contributed by atoms with Gasteiger partial charge in [0, 0.05) is 20.2 Å². The number of imide groups is 1. The van der Waals surface area contributed by atoms with Crippen LogP contribution >= 0.6 is 0 Å². The van der Waals surface area contributed by atoms with Gasteiger partial charge in [-0.25, -0.2) is 0 Å². The lowest BCUT2D eigenvalue weighted by molar-refractivity contribution is -0.140. The number of nitrogens with two attached hydrogens (primary N) is 1. The molecule has 22 heavy (non-hydrogen) atoms. The fraction of sp³-hybridized carbons (Fsp3) is 0.667. The Balaban J connectivity index is 1.51. The Labute approximate surface area is 129 Å². The van der Waals surface area contributed by atoms with E-state index >= 15 is 0 Å². The third-order valence-electron chi connectivity index (χ3n) is 4.78. The van der Waals surface area contributed by atoms with Crippen LogP contribution in [0.15, 0.2) is 17.1 Å². The molecule has 4 unspecified atom stereocenters. The van der Waals surface area contributed by atoms with Crippen molar-refractivity contribution in [1.82, 2.24) is 10.2 Å². The highest BCUT2D eigenvalue weighted by molar-refractivity contribution is 6.06. The van der Waals surface area contributed by atoms with Gasteiger partial charge in [0.05, 0.1) is 25.0 Å². The van der Waals surface area contributed by atoms with Crippen molar-refractivity contribution >= 4 is 17.8 Å². The minimum absolute atomic E-state index is 0.0245. The summed E-state index contributed by atoms with van der Waals surface area (Å²) in [5, 5.41) is 2.92. The van der Waals surface area contributed by atoms with Crippen LogP contribution in [0, 0.1) is 23.7 Å². The summed E-state index contributed by atoms with van der Waals surface area (Å²) in [6.07, 6.45) is 5.15. The van der Waals surface area contributed by atoms with Gasteiger partial charge in [-0.3, -0.25) is 19.5 Å². The van der Waals surface area contributed by atoms with E-state index in [4.69, 9.17) is 10.5 Å². The molecule has 0 spiro atoms. The number of carbonyl (C=O) groups is 2. The van der Waals surface area contributed by atoms with E-state index in [1.54, 1.807) is 7.11 Å². The quantitative estimate of drug-likeness (QED) is 0.223. The molecule has 0 aromatic rings. The minimum Gasteiger partial charge on any atom is -0.383 e. The van der Waals surface area contributed by atoms with Crippen molar-refractivity contribution in [3.8, 4) is 0 Å². The highest BCUT2D eigenvalue weighted by Gasteiger charge is 2.58. The molecule has 3 aliphatic rings. The minimum atomic E-state index is -0.129. The molecule has 0 aromatic carbocycles. The largest absolute Gasteiger partial charge is 0.383 e. The number of nitrogens with zero attached hydrogens (tertiary/aromatic N) is 2. The van der Waals surface area contributed by atoms with Crippen LogP contribution in [-0.2, 0) is 14.3 Å². The molecule has 3 rings (SSSR count). The average Bonchev–Trinajstić information content (AvgIpc) is 3.16. The van der Waals surface area contributed by atoms with Crippen molar-refractivity contribution in [2.75, 3.05) is 33.4 Å². The molecule has 7 nitrogen and oxygen atoms in total. The second-order valence-corrected chi connectivity index (χ2v) is 6.01. The molecule has 1 heterocycles. The second kappa shape index (κ2) is 6.08. The molecule has 7 heteroatoms. The lowest BCUT2D eigenvalue weighted by Gasteiger charge is -2.17. The summed E-state index contributed by atoms with van der Waals surface area (Å²) in [6, 6.07) is 0. The fourth-order valence-electron chi connectivity index (χ4n) is 3.79. The zero-order chi connectivity index (χ0) is 15.7. The molecule has 3 N–H and O–H groups in total. The van der Waals surface area contributed by atoms with Crippen molar-refractivity contribution in [3.05, 3.63) is 12.2 Å². The van der Waals surface area contributed by atoms with E-state index in [2.05, 4.69) is 22.5 Å². The molecule has 2 amide bonds. The molecule has 2 bridgehead atoms. The first-order valence-electron chi connectivity index (χ1n) is 7.69. The van der Waals surface area contributed by atoms with Gasteiger partial charge in [-0.05, 0) is 18.3 Å². The van der Waals surface area contributed by atoms with Crippen LogP contribution in [0.25, 0.3) is 0 Å². The lowest BCUT2D eigenvalue weighted by atomic mass is 9.85. The monoisotopic (exact) mass is 306 g/mol. The summed E-state index contributed by atoms with van der Waals surface area (Å²) in [5.41, 5.74) is 5.70. The predicted octanol–water partition coefficient (Wildman–Crippen LogP) is -0.656. The van der Waals surface area contributed by atoms with Gasteiger partial charge in [-0.15, -0.1) is 0 Å². The molecule has 1 saturated carbocycles. The number of amides is 2. The number of fused-ring (bicyclic) bond motifs is 5. The number of methoxy groups -OCH3 is 1. The van der Waals surface area contributed by atoms with E-state index in [1.807, 2.05) is 0 Å². The number of carbonyl (C=O) groups excluding carboxylic acids is 2. The van der Waals surface area contributed by atoms with Gasteiger partial charge in [0.15, 0.2) is 5.96 Å². The molecule has 2 fully saturated rings. The maximum atomic E-state index is 12.4. The van der Waals surface area contributed by atoms with Crippen LogP contribution < -0.4 is 11.1 Å². The topological polar surface area (TPSA) is 97.0 Å². The number of rotatable bonds is 6. The maximum Gasteiger partial charge on any atom is 0.233 e. The summed E-state index contributed by atoms with van der Waals surface area (Å²) in [4.78, 5) is 30.3. The van der Waals surface area contributed by atoms with Gasteiger partial charge < -0.3 is 15.8 Å². The van der Waals surface area contributed by atoms with E-state index < -0.39 is 0 Å². The standard InChI is InChI=1S/C15H22N4O3/c1-22-7-5-18-15(16)17-4-6-19-13(20)11-9-2-3-10(8-9)12(11)14(19)21/h2-3,9-12H,4-8H2,1H3,(H3,16,17,18). The van der Waals surface area contributed by atoms with Crippen molar-refractivity contribution < 1.29 is 14.3 Å². The van der Waals surface area contributed by atoms with Crippen LogP contribution in [0.4, 0.5) is 0 Å². The van der Waals surface area contributed by atoms with Crippen molar-refractivity contribution in [1.29, 1.82) is 0 Å².